The summed E-state index contributed by atoms with van der Waals surface area (Å²) < 4.78 is 0. The van der Waals surface area contributed by atoms with Gasteiger partial charge in [-0.3, -0.25) is 0 Å². The van der Waals surface area contributed by atoms with Crippen LogP contribution in [0.2, 0.25) is 0 Å². The fourth-order valence-electron chi connectivity index (χ4n) is 3.45. The molecule has 0 aromatic heterocycles. The topological polar surface area (TPSA) is 60.7 Å². The van der Waals surface area contributed by atoms with Crippen LogP contribution >= 0.6 is 0 Å². The minimum Gasteiger partial charge on any atom is -0.392 e. The van der Waals surface area contributed by atoms with Crippen LogP contribution in [0, 0.1) is 12.8 Å². The van der Waals surface area contributed by atoms with Gasteiger partial charge in [0.1, 0.15) is 0 Å². The molecule has 0 aliphatic heterocycles. The van der Waals surface area contributed by atoms with Crippen molar-refractivity contribution in [2.45, 2.75) is 72.2 Å². The van der Waals surface area contributed by atoms with E-state index in [-0.39, 0.29) is 24.5 Å². The minimum absolute atomic E-state index is 0.0134. The monoisotopic (exact) mass is 396 g/mol. The van der Waals surface area contributed by atoms with Crippen molar-refractivity contribution in [1.82, 2.24) is 0 Å². The van der Waals surface area contributed by atoms with Crippen LogP contribution in [0.4, 0.5) is 0 Å². The van der Waals surface area contributed by atoms with E-state index < -0.39 is 6.10 Å². The lowest BCUT2D eigenvalue weighted by Gasteiger charge is -2.26. The van der Waals surface area contributed by atoms with Gasteiger partial charge < -0.3 is 15.3 Å². The summed E-state index contributed by atoms with van der Waals surface area (Å²) in [7, 11) is 0. The third-order valence-electron chi connectivity index (χ3n) is 5.86. The molecule has 158 valence electrons. The van der Waals surface area contributed by atoms with E-state index in [4.69, 9.17) is 0 Å². The zero-order valence-corrected chi connectivity index (χ0v) is 18.4. The van der Waals surface area contributed by atoms with E-state index in [1.807, 2.05) is 44.2 Å². The predicted molar refractivity (Wildman–Crippen MR) is 121 cm³/mol. The van der Waals surface area contributed by atoms with E-state index >= 15 is 0 Å². The molecule has 0 amide bonds. The first-order valence-corrected chi connectivity index (χ1v) is 10.5. The molecule has 3 heteroatoms. The summed E-state index contributed by atoms with van der Waals surface area (Å²) >= 11 is 0. The fourth-order valence-corrected chi connectivity index (χ4v) is 3.45. The van der Waals surface area contributed by atoms with E-state index in [0.717, 1.165) is 29.5 Å². The Balaban J connectivity index is 2.12. The molecule has 1 atom stereocenters. The van der Waals surface area contributed by atoms with Crippen LogP contribution < -0.4 is 0 Å². The molecule has 0 radical (unpaired) electrons. The van der Waals surface area contributed by atoms with E-state index in [1.54, 1.807) is 0 Å². The fraction of sp³-hybridized carbons (Fsp3) is 0.462. The van der Waals surface area contributed by atoms with Gasteiger partial charge in [-0.1, -0.05) is 76.2 Å². The van der Waals surface area contributed by atoms with Crippen molar-refractivity contribution in [1.29, 1.82) is 0 Å². The van der Waals surface area contributed by atoms with Gasteiger partial charge in [-0.2, -0.15) is 0 Å². The highest BCUT2D eigenvalue weighted by atomic mass is 16.3. The largest absolute Gasteiger partial charge is 0.392 e. The van der Waals surface area contributed by atoms with Gasteiger partial charge in [-0.25, -0.2) is 0 Å². The Morgan fingerprint density at radius 2 is 1.66 bits per heavy atom. The van der Waals surface area contributed by atoms with Crippen LogP contribution in [0.15, 0.2) is 42.5 Å². The molecule has 0 saturated carbocycles. The normalized spacial score (nSPS) is 13.4. The molecule has 0 bridgehead atoms. The average Bonchev–Trinajstić information content (AvgIpc) is 2.70. The van der Waals surface area contributed by atoms with Gasteiger partial charge in [0, 0.05) is 0 Å². The third kappa shape index (κ3) is 6.27. The summed E-state index contributed by atoms with van der Waals surface area (Å²) in [5, 5.41) is 28.9. The van der Waals surface area contributed by atoms with Gasteiger partial charge in [-0.15, -0.1) is 0 Å². The number of rotatable bonds is 9. The Morgan fingerprint density at radius 3 is 2.24 bits per heavy atom. The summed E-state index contributed by atoms with van der Waals surface area (Å²) in [6.07, 6.45) is 5.35. The number of aliphatic hydroxyl groups is 3. The molecule has 0 heterocycles. The maximum absolute atomic E-state index is 9.99. The quantitative estimate of drug-likeness (QED) is 0.564. The van der Waals surface area contributed by atoms with Crippen LogP contribution in [0.3, 0.4) is 0 Å². The second-order valence-electron chi connectivity index (χ2n) is 8.97. The van der Waals surface area contributed by atoms with Gasteiger partial charge >= 0.3 is 0 Å². The molecule has 2 aromatic carbocycles. The first-order chi connectivity index (χ1) is 13.7. The zero-order chi connectivity index (χ0) is 21.6. The highest BCUT2D eigenvalue weighted by Gasteiger charge is 2.21. The number of hydrogen-bond acceptors (Lipinski definition) is 3. The van der Waals surface area contributed by atoms with E-state index in [1.165, 1.54) is 16.7 Å². The van der Waals surface area contributed by atoms with Gasteiger partial charge in [0.25, 0.3) is 0 Å². The highest BCUT2D eigenvalue weighted by Crippen LogP contribution is 2.31. The summed E-state index contributed by atoms with van der Waals surface area (Å²) in [5.74, 6) is 0.211. The molecule has 3 N–H and O–H groups in total. The number of aryl methyl sites for hydroxylation is 2. The molecular weight excluding hydrogens is 360 g/mol. The maximum atomic E-state index is 9.99. The Morgan fingerprint density at radius 1 is 0.966 bits per heavy atom. The van der Waals surface area contributed by atoms with Crippen LogP contribution in [0.1, 0.15) is 67.5 Å². The molecule has 1 unspecified atom stereocenters. The first kappa shape index (κ1) is 23.3. The lowest BCUT2D eigenvalue weighted by Crippen LogP contribution is -2.18. The second kappa shape index (κ2) is 10.2. The lowest BCUT2D eigenvalue weighted by atomic mass is 9.78. The summed E-state index contributed by atoms with van der Waals surface area (Å²) in [6, 6.07) is 12.5. The van der Waals surface area contributed by atoms with E-state index in [2.05, 4.69) is 39.0 Å². The van der Waals surface area contributed by atoms with E-state index in [9.17, 15) is 15.3 Å². The van der Waals surface area contributed by atoms with E-state index in [0.29, 0.717) is 0 Å². The summed E-state index contributed by atoms with van der Waals surface area (Å²) in [4.78, 5) is 0. The standard InChI is InChI=1S/C26H36O3/c1-18(2)25(29)11-9-21-8-10-24(14-19(21)3)26(4,5)13-12-20-6-7-22(16-27)23(15-20)17-28/h6-11,14-15,18,25,27-29H,12-13,16-17H2,1-5H3/b11-9+. The van der Waals surface area contributed by atoms with Crippen molar-refractivity contribution in [2.24, 2.45) is 5.92 Å². The Bertz CT molecular complexity index is 834. The molecule has 0 spiro atoms. The number of aliphatic hydroxyl groups excluding tert-OH is 3. The molecule has 3 nitrogen and oxygen atoms in total. The van der Waals surface area contributed by atoms with Gasteiger partial charge in [-0.05, 0) is 64.5 Å². The minimum atomic E-state index is -0.424. The van der Waals surface area contributed by atoms with Crippen molar-refractivity contribution >= 4 is 6.08 Å². The predicted octanol–water partition coefficient (Wildman–Crippen LogP) is 4.92. The van der Waals surface area contributed by atoms with Gasteiger partial charge in [0.2, 0.25) is 0 Å². The smallest absolute Gasteiger partial charge is 0.0747 e. The summed E-state index contributed by atoms with van der Waals surface area (Å²) in [5.41, 5.74) is 6.42. The summed E-state index contributed by atoms with van der Waals surface area (Å²) in [6.45, 7) is 10.6. The number of benzene rings is 2. The number of hydrogen-bond donors (Lipinski definition) is 3. The molecular formula is C26H36O3. The van der Waals surface area contributed by atoms with Gasteiger partial charge in [0.15, 0.2) is 0 Å². The van der Waals surface area contributed by atoms with Crippen molar-refractivity contribution in [3.05, 3.63) is 75.9 Å². The van der Waals surface area contributed by atoms with Crippen molar-refractivity contribution in [3.8, 4) is 0 Å². The van der Waals surface area contributed by atoms with Crippen LogP contribution in [-0.2, 0) is 25.0 Å². The molecule has 0 aliphatic rings. The first-order valence-electron chi connectivity index (χ1n) is 10.5. The van der Waals surface area contributed by atoms with Crippen molar-refractivity contribution < 1.29 is 15.3 Å². The van der Waals surface area contributed by atoms with Crippen LogP contribution in [0.5, 0.6) is 0 Å². The SMILES string of the molecule is Cc1cc(C(C)(C)CCc2ccc(CO)c(CO)c2)ccc1/C=C/C(O)C(C)C. The highest BCUT2D eigenvalue weighted by molar-refractivity contribution is 5.55. The molecule has 29 heavy (non-hydrogen) atoms. The van der Waals surface area contributed by atoms with Crippen molar-refractivity contribution in [3.63, 3.8) is 0 Å². The maximum Gasteiger partial charge on any atom is 0.0747 e. The molecule has 2 rings (SSSR count). The Hall–Kier alpha value is -1.94. The van der Waals surface area contributed by atoms with Crippen LogP contribution in [0.25, 0.3) is 6.08 Å². The average molecular weight is 397 g/mol. The molecule has 0 fully saturated rings. The molecule has 2 aromatic rings. The molecule has 0 aliphatic carbocycles. The van der Waals surface area contributed by atoms with Gasteiger partial charge in [0.05, 0.1) is 19.3 Å². The third-order valence-corrected chi connectivity index (χ3v) is 5.86. The zero-order valence-electron chi connectivity index (χ0n) is 18.4. The molecule has 0 saturated heterocycles. The Labute approximate surface area is 175 Å². The Kier molecular flexibility index (Phi) is 8.21. The van der Waals surface area contributed by atoms with Crippen LogP contribution in [-0.4, -0.2) is 21.4 Å². The lowest BCUT2D eigenvalue weighted by molar-refractivity contribution is 0.173. The second-order valence-corrected chi connectivity index (χ2v) is 8.97. The van der Waals surface area contributed by atoms with Crippen molar-refractivity contribution in [2.75, 3.05) is 0 Å².